The third kappa shape index (κ3) is 4.49. The molecule has 0 unspecified atom stereocenters. The maximum atomic E-state index is 12.7. The highest BCUT2D eigenvalue weighted by molar-refractivity contribution is 6.30. The third-order valence-corrected chi connectivity index (χ3v) is 4.27. The van der Waals surface area contributed by atoms with Crippen LogP contribution in [-0.2, 0) is 17.8 Å². The fourth-order valence-electron chi connectivity index (χ4n) is 2.61. The fourth-order valence-corrected chi connectivity index (χ4v) is 2.74. The van der Waals surface area contributed by atoms with Gasteiger partial charge < -0.3 is 9.42 Å². The van der Waals surface area contributed by atoms with Gasteiger partial charge in [-0.05, 0) is 43.7 Å². The van der Waals surface area contributed by atoms with Gasteiger partial charge in [0.1, 0.15) is 6.54 Å². The largest absolute Gasteiger partial charge is 0.337 e. The minimum absolute atomic E-state index is 0.0251. The number of nitrogens with zero attached hydrogens (tertiary/aromatic N) is 3. The molecule has 0 aliphatic rings. The standard InChI is InChI=1S/C20H20ClN3O2/c1-14(2)24(19(25)12-15-6-4-3-5-7-15)13-18-22-20(23-26-18)16-8-10-17(21)11-9-16/h3-11,14H,12-13H2,1-2H3. The van der Waals surface area contributed by atoms with E-state index >= 15 is 0 Å². The van der Waals surface area contributed by atoms with Crippen LogP contribution < -0.4 is 0 Å². The van der Waals surface area contributed by atoms with Crippen molar-refractivity contribution in [1.82, 2.24) is 15.0 Å². The number of hydrogen-bond acceptors (Lipinski definition) is 4. The summed E-state index contributed by atoms with van der Waals surface area (Å²) in [5, 5.41) is 4.65. The molecule has 0 spiro atoms. The Balaban J connectivity index is 1.72. The van der Waals surface area contributed by atoms with Crippen molar-refractivity contribution in [2.24, 2.45) is 0 Å². The summed E-state index contributed by atoms with van der Waals surface area (Å²) < 4.78 is 5.34. The molecular weight excluding hydrogens is 350 g/mol. The number of halogens is 1. The van der Waals surface area contributed by atoms with Crippen LogP contribution in [0, 0.1) is 0 Å². The van der Waals surface area contributed by atoms with E-state index in [4.69, 9.17) is 16.1 Å². The molecule has 2 aromatic carbocycles. The van der Waals surface area contributed by atoms with Gasteiger partial charge >= 0.3 is 0 Å². The van der Waals surface area contributed by atoms with Crippen molar-refractivity contribution in [2.45, 2.75) is 32.9 Å². The molecule has 134 valence electrons. The van der Waals surface area contributed by atoms with Crippen LogP contribution in [0.4, 0.5) is 0 Å². The molecule has 3 rings (SSSR count). The van der Waals surface area contributed by atoms with Crippen LogP contribution in [-0.4, -0.2) is 27.0 Å². The number of carbonyl (C=O) groups excluding carboxylic acids is 1. The van der Waals surface area contributed by atoms with Crippen molar-refractivity contribution in [3.63, 3.8) is 0 Å². The summed E-state index contributed by atoms with van der Waals surface area (Å²) in [7, 11) is 0. The topological polar surface area (TPSA) is 59.2 Å². The zero-order valence-electron chi connectivity index (χ0n) is 14.7. The molecule has 0 saturated carbocycles. The van der Waals surface area contributed by atoms with Gasteiger partial charge in [-0.15, -0.1) is 0 Å². The molecule has 0 aliphatic carbocycles. The Kier molecular flexibility index (Phi) is 5.68. The first kappa shape index (κ1) is 18.1. The van der Waals surface area contributed by atoms with Crippen LogP contribution in [0.25, 0.3) is 11.4 Å². The third-order valence-electron chi connectivity index (χ3n) is 4.02. The highest BCUT2D eigenvalue weighted by atomic mass is 35.5. The molecule has 26 heavy (non-hydrogen) atoms. The second-order valence-electron chi connectivity index (χ2n) is 6.30. The average Bonchev–Trinajstić information content (AvgIpc) is 3.09. The maximum Gasteiger partial charge on any atom is 0.246 e. The summed E-state index contributed by atoms with van der Waals surface area (Å²) in [5.41, 5.74) is 1.80. The molecule has 0 aliphatic heterocycles. The molecule has 0 saturated heterocycles. The molecule has 1 amide bonds. The zero-order chi connectivity index (χ0) is 18.5. The molecule has 5 nitrogen and oxygen atoms in total. The fraction of sp³-hybridized carbons (Fsp3) is 0.250. The number of rotatable bonds is 6. The first-order chi connectivity index (χ1) is 12.5. The van der Waals surface area contributed by atoms with Crippen molar-refractivity contribution in [3.05, 3.63) is 71.1 Å². The Morgan fingerprint density at radius 3 is 2.46 bits per heavy atom. The van der Waals surface area contributed by atoms with Crippen LogP contribution in [0.5, 0.6) is 0 Å². The smallest absolute Gasteiger partial charge is 0.246 e. The Labute approximate surface area is 157 Å². The Morgan fingerprint density at radius 2 is 1.81 bits per heavy atom. The van der Waals surface area contributed by atoms with Crippen molar-refractivity contribution in [1.29, 1.82) is 0 Å². The van der Waals surface area contributed by atoms with Crippen LogP contribution in [0.15, 0.2) is 59.1 Å². The molecule has 0 radical (unpaired) electrons. The second-order valence-corrected chi connectivity index (χ2v) is 6.73. The quantitative estimate of drug-likeness (QED) is 0.647. The van der Waals surface area contributed by atoms with Gasteiger partial charge in [0.05, 0.1) is 6.42 Å². The van der Waals surface area contributed by atoms with Crippen molar-refractivity contribution in [3.8, 4) is 11.4 Å². The molecule has 1 heterocycles. The normalized spacial score (nSPS) is 10.9. The van der Waals surface area contributed by atoms with Gasteiger partial charge in [-0.25, -0.2) is 0 Å². The van der Waals surface area contributed by atoms with Crippen LogP contribution in [0.3, 0.4) is 0 Å². The first-order valence-electron chi connectivity index (χ1n) is 8.45. The summed E-state index contributed by atoms with van der Waals surface area (Å²) >= 11 is 5.90. The minimum atomic E-state index is 0.0251. The lowest BCUT2D eigenvalue weighted by molar-refractivity contribution is -0.133. The molecule has 0 bridgehead atoms. The van der Waals surface area contributed by atoms with E-state index in [-0.39, 0.29) is 18.5 Å². The number of amides is 1. The molecule has 0 N–H and O–H groups in total. The summed E-state index contributed by atoms with van der Waals surface area (Å²) in [6.07, 6.45) is 0.344. The molecule has 6 heteroatoms. The van der Waals surface area contributed by atoms with Crippen LogP contribution in [0.2, 0.25) is 5.02 Å². The SMILES string of the molecule is CC(C)N(Cc1nc(-c2ccc(Cl)cc2)no1)C(=O)Cc1ccccc1. The van der Waals surface area contributed by atoms with Gasteiger partial charge in [0.25, 0.3) is 0 Å². The number of benzene rings is 2. The molecular formula is C20H20ClN3O2. The number of hydrogen-bond donors (Lipinski definition) is 0. The Morgan fingerprint density at radius 1 is 1.12 bits per heavy atom. The van der Waals surface area contributed by atoms with E-state index in [0.29, 0.717) is 23.2 Å². The summed E-state index contributed by atoms with van der Waals surface area (Å²) in [5.74, 6) is 0.915. The van der Waals surface area contributed by atoms with Crippen LogP contribution >= 0.6 is 11.6 Å². The lowest BCUT2D eigenvalue weighted by Gasteiger charge is -2.25. The van der Waals surface area contributed by atoms with E-state index in [2.05, 4.69) is 10.1 Å². The first-order valence-corrected chi connectivity index (χ1v) is 8.82. The average molecular weight is 370 g/mol. The van der Waals surface area contributed by atoms with Gasteiger partial charge in [0, 0.05) is 16.6 Å². The van der Waals surface area contributed by atoms with Gasteiger partial charge in [0.2, 0.25) is 17.6 Å². The van der Waals surface area contributed by atoms with E-state index < -0.39 is 0 Å². The summed E-state index contributed by atoms with van der Waals surface area (Å²) in [6.45, 7) is 4.22. The van der Waals surface area contributed by atoms with Crippen molar-refractivity contribution in [2.75, 3.05) is 0 Å². The van der Waals surface area contributed by atoms with Gasteiger partial charge in [-0.3, -0.25) is 4.79 Å². The molecule has 0 atom stereocenters. The highest BCUT2D eigenvalue weighted by Gasteiger charge is 2.21. The van der Waals surface area contributed by atoms with E-state index in [1.165, 1.54) is 0 Å². The highest BCUT2D eigenvalue weighted by Crippen LogP contribution is 2.19. The Hall–Kier alpha value is -2.66. The van der Waals surface area contributed by atoms with Gasteiger partial charge in [-0.2, -0.15) is 4.98 Å². The number of carbonyl (C=O) groups is 1. The van der Waals surface area contributed by atoms with Gasteiger partial charge in [-0.1, -0.05) is 47.1 Å². The lowest BCUT2D eigenvalue weighted by atomic mass is 10.1. The second kappa shape index (κ2) is 8.15. The van der Waals surface area contributed by atoms with E-state index in [1.54, 1.807) is 17.0 Å². The van der Waals surface area contributed by atoms with Crippen molar-refractivity contribution >= 4 is 17.5 Å². The zero-order valence-corrected chi connectivity index (χ0v) is 15.5. The molecule has 1 aromatic heterocycles. The van der Waals surface area contributed by atoms with E-state index in [0.717, 1.165) is 11.1 Å². The Bertz CT molecular complexity index is 860. The summed E-state index contributed by atoms with van der Waals surface area (Å²) in [6, 6.07) is 16.9. The number of aromatic nitrogens is 2. The molecule has 3 aromatic rings. The monoisotopic (exact) mass is 369 g/mol. The van der Waals surface area contributed by atoms with E-state index in [9.17, 15) is 4.79 Å². The van der Waals surface area contributed by atoms with Crippen molar-refractivity contribution < 1.29 is 9.32 Å². The predicted octanol–water partition coefficient (Wildman–Crippen LogP) is 4.37. The minimum Gasteiger partial charge on any atom is -0.337 e. The predicted molar refractivity (Wildman–Crippen MR) is 101 cm³/mol. The van der Waals surface area contributed by atoms with Gasteiger partial charge in [0.15, 0.2) is 0 Å². The summed E-state index contributed by atoms with van der Waals surface area (Å²) in [4.78, 5) is 18.8. The maximum absolute atomic E-state index is 12.7. The van der Waals surface area contributed by atoms with E-state index in [1.807, 2.05) is 56.3 Å². The lowest BCUT2D eigenvalue weighted by Crippen LogP contribution is -2.37. The van der Waals surface area contributed by atoms with Crippen LogP contribution in [0.1, 0.15) is 25.3 Å². The molecule has 0 fully saturated rings.